The normalized spacial score (nSPS) is 23.4. The van der Waals surface area contributed by atoms with E-state index in [0.717, 1.165) is 11.6 Å². The van der Waals surface area contributed by atoms with Gasteiger partial charge in [0.1, 0.15) is 42.1 Å². The number of benzene rings is 1. The number of carbonyl (C=O) groups excluding carboxylic acids is 8. The van der Waals surface area contributed by atoms with Crippen LogP contribution in [0.15, 0.2) is 78.9 Å². The van der Waals surface area contributed by atoms with E-state index >= 15 is 0 Å². The van der Waals surface area contributed by atoms with Gasteiger partial charge in [-0.3, -0.25) is 33.6 Å². The summed E-state index contributed by atoms with van der Waals surface area (Å²) in [4.78, 5) is 104. The lowest BCUT2D eigenvalue weighted by atomic mass is 10.0. The molecule has 1 fully saturated rings. The summed E-state index contributed by atoms with van der Waals surface area (Å²) in [5.74, 6) is -8.74. The summed E-state index contributed by atoms with van der Waals surface area (Å²) in [5.41, 5.74) is 11.6. The van der Waals surface area contributed by atoms with Crippen LogP contribution in [0.3, 0.4) is 0 Å². The van der Waals surface area contributed by atoms with Crippen molar-refractivity contribution >= 4 is 53.4 Å². The molecule has 6 unspecified atom stereocenters. The van der Waals surface area contributed by atoms with Crippen LogP contribution in [0, 0.1) is 11.8 Å². The molecule has 0 spiro atoms. The molecule has 17 nitrogen and oxygen atoms in total. The molecule has 10 N–H and O–H groups in total. The van der Waals surface area contributed by atoms with E-state index in [4.69, 9.17) is 16.2 Å². The molecule has 0 saturated carbocycles. The van der Waals surface area contributed by atoms with Crippen molar-refractivity contribution in [2.24, 2.45) is 23.3 Å². The van der Waals surface area contributed by atoms with Crippen LogP contribution in [0.25, 0.3) is 6.08 Å². The molecular weight excluding hydrogens is 726 g/mol. The summed E-state index contributed by atoms with van der Waals surface area (Å²) in [7, 11) is 0. The van der Waals surface area contributed by atoms with Gasteiger partial charge < -0.3 is 47.9 Å². The van der Waals surface area contributed by atoms with Gasteiger partial charge in [0.15, 0.2) is 0 Å². The van der Waals surface area contributed by atoms with E-state index in [0.29, 0.717) is 0 Å². The van der Waals surface area contributed by atoms with Gasteiger partial charge in [0.05, 0.1) is 12.8 Å². The number of cyclic esters (lactones) is 1. The third kappa shape index (κ3) is 15.8. The molecule has 0 radical (unpaired) electrons. The number of rotatable bonds is 13. The van der Waals surface area contributed by atoms with Gasteiger partial charge in [0.25, 0.3) is 0 Å². The number of hydrogen-bond acceptors (Lipinski definition) is 10. The lowest BCUT2D eigenvalue weighted by Crippen LogP contribution is -2.62. The van der Waals surface area contributed by atoms with Crippen molar-refractivity contribution in [2.75, 3.05) is 0 Å². The predicted octanol–water partition coefficient (Wildman–Crippen LogP) is 0.0623. The van der Waals surface area contributed by atoms with Crippen molar-refractivity contribution in [2.45, 2.75) is 83.8 Å². The van der Waals surface area contributed by atoms with Crippen molar-refractivity contribution in [3.05, 3.63) is 84.5 Å². The van der Waals surface area contributed by atoms with Crippen molar-refractivity contribution in [3.8, 4) is 5.75 Å². The number of nitrogens with two attached hydrogens (primary N) is 2. The monoisotopic (exact) mass is 777 g/mol. The number of hydrogen-bond donors (Lipinski definition) is 8. The number of nitrogens with one attached hydrogen (secondary N) is 5. The standard InChI is InChI=1S/C39H51N7O10/c1-22(2)32-37(53)43-27(20-29(40)48)35(51)42-28(21-30(41)49)36(52)46-33(23(3)4)39(55)56-24(5)34(38(54)45-32)44-31(50)15-13-11-9-7-6-8-10-12-14-25-16-18-26(47)19-17-25/h6-19,22-24,27-28,32-34,47H,20-21H2,1-5H3,(H2,40,48)(H2,41,49)(H,42,51)(H,43,53)(H,44,50)(H,45,54)(H,46,52). The van der Waals surface area contributed by atoms with Gasteiger partial charge in [-0.15, -0.1) is 0 Å². The number of esters is 1. The molecule has 1 saturated heterocycles. The minimum atomic E-state index is -1.65. The number of phenols is 1. The van der Waals surface area contributed by atoms with E-state index in [1.165, 1.54) is 13.0 Å². The maximum Gasteiger partial charge on any atom is 0.329 e. The van der Waals surface area contributed by atoms with Crippen molar-refractivity contribution < 1.29 is 48.2 Å². The Morgan fingerprint density at radius 2 is 1.16 bits per heavy atom. The summed E-state index contributed by atoms with van der Waals surface area (Å²) in [6.07, 6.45) is 13.7. The van der Waals surface area contributed by atoms with Gasteiger partial charge in [0, 0.05) is 6.08 Å². The fourth-order valence-electron chi connectivity index (χ4n) is 5.09. The Hall–Kier alpha value is -6.52. The molecular formula is C39H51N7O10. The summed E-state index contributed by atoms with van der Waals surface area (Å²) in [6, 6.07) is -0.850. The fraction of sp³-hybridized carbons (Fsp3) is 0.385. The Labute approximate surface area is 325 Å². The van der Waals surface area contributed by atoms with E-state index in [1.807, 2.05) is 12.2 Å². The first-order valence-corrected chi connectivity index (χ1v) is 17.8. The van der Waals surface area contributed by atoms with Crippen LogP contribution in [0.2, 0.25) is 0 Å². The highest BCUT2D eigenvalue weighted by Crippen LogP contribution is 2.13. The van der Waals surface area contributed by atoms with Crippen molar-refractivity contribution in [3.63, 3.8) is 0 Å². The minimum Gasteiger partial charge on any atom is -0.508 e. The van der Waals surface area contributed by atoms with E-state index in [1.54, 1.807) is 88.4 Å². The second-order valence-corrected chi connectivity index (χ2v) is 13.5. The van der Waals surface area contributed by atoms with Gasteiger partial charge in [-0.2, -0.15) is 0 Å². The Morgan fingerprint density at radius 3 is 1.68 bits per heavy atom. The smallest absolute Gasteiger partial charge is 0.329 e. The molecule has 0 bridgehead atoms. The van der Waals surface area contributed by atoms with Crippen molar-refractivity contribution in [1.29, 1.82) is 0 Å². The number of amides is 7. The minimum absolute atomic E-state index is 0.181. The number of primary amides is 2. The van der Waals surface area contributed by atoms with Gasteiger partial charge in [-0.1, -0.05) is 94.5 Å². The van der Waals surface area contributed by atoms with Gasteiger partial charge in [0.2, 0.25) is 41.4 Å². The quantitative estimate of drug-likeness (QED) is 0.0758. The molecule has 1 aliphatic rings. The van der Waals surface area contributed by atoms with Crippen LogP contribution in [-0.2, 0) is 43.1 Å². The van der Waals surface area contributed by atoms with Gasteiger partial charge >= 0.3 is 5.97 Å². The summed E-state index contributed by atoms with van der Waals surface area (Å²) >= 11 is 0. The van der Waals surface area contributed by atoms with Crippen LogP contribution < -0.4 is 38.1 Å². The molecule has 17 heteroatoms. The zero-order valence-corrected chi connectivity index (χ0v) is 31.9. The van der Waals surface area contributed by atoms with E-state index in [9.17, 15) is 43.5 Å². The second-order valence-electron chi connectivity index (χ2n) is 13.5. The molecule has 302 valence electrons. The summed E-state index contributed by atoms with van der Waals surface area (Å²) in [6.45, 7) is 7.65. The van der Waals surface area contributed by atoms with Gasteiger partial charge in [-0.05, 0) is 36.5 Å². The van der Waals surface area contributed by atoms with Crippen molar-refractivity contribution in [1.82, 2.24) is 26.6 Å². The largest absolute Gasteiger partial charge is 0.508 e. The predicted molar refractivity (Wildman–Crippen MR) is 206 cm³/mol. The first-order chi connectivity index (χ1) is 26.4. The molecule has 1 aromatic carbocycles. The Balaban J connectivity index is 2.36. The average Bonchev–Trinajstić information content (AvgIpc) is 3.11. The summed E-state index contributed by atoms with van der Waals surface area (Å²) < 4.78 is 5.58. The van der Waals surface area contributed by atoms with Crippen LogP contribution in [0.1, 0.15) is 53.0 Å². The Bertz CT molecular complexity index is 1750. The lowest BCUT2D eigenvalue weighted by Gasteiger charge is -2.31. The number of carbonyl (C=O) groups is 8. The van der Waals surface area contributed by atoms with Crippen LogP contribution in [0.5, 0.6) is 5.75 Å². The lowest BCUT2D eigenvalue weighted by molar-refractivity contribution is -0.157. The van der Waals surface area contributed by atoms with Crippen LogP contribution >= 0.6 is 0 Å². The maximum absolute atomic E-state index is 13.7. The average molecular weight is 778 g/mol. The number of ether oxygens (including phenoxy) is 1. The first kappa shape index (κ1) is 45.6. The highest BCUT2D eigenvalue weighted by atomic mass is 16.5. The molecule has 1 aliphatic heterocycles. The number of phenolic OH excluding ortho intramolecular Hbond substituents is 1. The molecule has 7 amide bonds. The number of aromatic hydroxyl groups is 1. The molecule has 6 atom stereocenters. The molecule has 0 aromatic heterocycles. The maximum atomic E-state index is 13.7. The molecule has 1 aromatic rings. The highest BCUT2D eigenvalue weighted by molar-refractivity contribution is 5.99. The SMILES string of the molecule is CC(C)C1NC(=O)C(NC(=O)C=CC=CC=CC=CC=Cc2ccc(O)cc2)C(C)OC(=O)C(C(C)C)NC(=O)C(CC(N)=O)NC(=O)C(CC(N)=O)NC1=O. The fourth-order valence-corrected chi connectivity index (χ4v) is 5.09. The van der Waals surface area contributed by atoms with E-state index in [2.05, 4.69) is 26.6 Å². The number of allylic oxidation sites excluding steroid dienone is 8. The molecule has 2 rings (SSSR count). The van der Waals surface area contributed by atoms with Crippen LogP contribution in [-0.4, -0.2) is 88.7 Å². The Kier molecular flexibility index (Phi) is 18.4. The van der Waals surface area contributed by atoms with Crippen LogP contribution in [0.4, 0.5) is 0 Å². The molecule has 0 aliphatic carbocycles. The van der Waals surface area contributed by atoms with E-state index < -0.39 is 108 Å². The molecule has 1 heterocycles. The Morgan fingerprint density at radius 1 is 0.696 bits per heavy atom. The molecule has 56 heavy (non-hydrogen) atoms. The third-order valence-corrected chi connectivity index (χ3v) is 8.10. The zero-order valence-electron chi connectivity index (χ0n) is 31.9. The zero-order chi connectivity index (χ0) is 41.9. The summed E-state index contributed by atoms with van der Waals surface area (Å²) in [5, 5.41) is 21.4. The highest BCUT2D eigenvalue weighted by Gasteiger charge is 2.38. The third-order valence-electron chi connectivity index (χ3n) is 8.10. The second kappa shape index (κ2) is 22.6. The topological polar surface area (TPSA) is 278 Å². The van der Waals surface area contributed by atoms with E-state index in [-0.39, 0.29) is 5.75 Å². The van der Waals surface area contributed by atoms with Gasteiger partial charge in [-0.25, -0.2) is 4.79 Å². The first-order valence-electron chi connectivity index (χ1n) is 17.8.